The molecule has 0 saturated carbocycles. The van der Waals surface area contributed by atoms with Crippen molar-refractivity contribution in [1.82, 2.24) is 14.9 Å². The van der Waals surface area contributed by atoms with Crippen molar-refractivity contribution in [3.63, 3.8) is 0 Å². The van der Waals surface area contributed by atoms with Crippen molar-refractivity contribution in [3.8, 4) is 0 Å². The van der Waals surface area contributed by atoms with Crippen molar-refractivity contribution in [3.05, 3.63) is 52.0 Å². The van der Waals surface area contributed by atoms with E-state index in [9.17, 15) is 5.11 Å². The number of nitrogens with zero attached hydrogens (tertiary/aromatic N) is 4. The highest BCUT2D eigenvalue weighted by Crippen LogP contribution is 2.26. The molecule has 1 aromatic heterocycles. The first kappa shape index (κ1) is 20.7. The number of rotatable bonds is 6. The lowest BCUT2D eigenvalue weighted by Gasteiger charge is -2.37. The molecule has 0 spiro atoms. The van der Waals surface area contributed by atoms with E-state index in [-0.39, 0.29) is 6.10 Å². The Morgan fingerprint density at radius 3 is 2.43 bits per heavy atom. The summed E-state index contributed by atoms with van der Waals surface area (Å²) in [6.07, 6.45) is 1.45. The lowest BCUT2D eigenvalue weighted by Crippen LogP contribution is -2.49. The van der Waals surface area contributed by atoms with E-state index in [1.807, 2.05) is 13.8 Å². The number of hydrogen-bond acceptors (Lipinski definition) is 5. The third-order valence-corrected chi connectivity index (χ3v) is 5.79. The van der Waals surface area contributed by atoms with Crippen LogP contribution in [0.25, 0.3) is 0 Å². The Balaban J connectivity index is 1.83. The number of β-amino-alcohol motifs (C(OH)–C–C–N with tert-alkyl or cyclic N) is 1. The van der Waals surface area contributed by atoms with Crippen molar-refractivity contribution >= 4 is 5.82 Å². The molecule has 1 fully saturated rings. The monoisotopic (exact) mass is 382 g/mol. The van der Waals surface area contributed by atoms with Gasteiger partial charge >= 0.3 is 0 Å². The predicted octanol–water partition coefficient (Wildman–Crippen LogP) is 3.19. The molecule has 1 saturated heterocycles. The molecule has 0 amide bonds. The van der Waals surface area contributed by atoms with Crippen molar-refractivity contribution in [2.45, 2.75) is 53.6 Å². The van der Waals surface area contributed by atoms with Crippen molar-refractivity contribution in [2.75, 3.05) is 37.6 Å². The van der Waals surface area contributed by atoms with Gasteiger partial charge < -0.3 is 10.0 Å². The van der Waals surface area contributed by atoms with Gasteiger partial charge in [0.1, 0.15) is 11.6 Å². The molecule has 0 bridgehead atoms. The van der Waals surface area contributed by atoms with E-state index in [1.54, 1.807) is 0 Å². The second-order valence-electron chi connectivity index (χ2n) is 8.11. The third-order valence-electron chi connectivity index (χ3n) is 5.79. The van der Waals surface area contributed by atoms with Gasteiger partial charge in [-0.25, -0.2) is 9.97 Å². The molecule has 1 N–H and O–H groups in total. The van der Waals surface area contributed by atoms with Gasteiger partial charge in [0.15, 0.2) is 0 Å². The molecule has 1 aromatic carbocycles. The van der Waals surface area contributed by atoms with E-state index >= 15 is 0 Å². The van der Waals surface area contributed by atoms with Crippen LogP contribution in [0.5, 0.6) is 0 Å². The van der Waals surface area contributed by atoms with Gasteiger partial charge in [0.05, 0.1) is 6.10 Å². The van der Waals surface area contributed by atoms with Crippen LogP contribution >= 0.6 is 0 Å². The molecule has 5 nitrogen and oxygen atoms in total. The summed E-state index contributed by atoms with van der Waals surface area (Å²) < 4.78 is 0. The summed E-state index contributed by atoms with van der Waals surface area (Å²) in [4.78, 5) is 14.3. The molecular formula is C23H34N4O. The van der Waals surface area contributed by atoms with Crippen LogP contribution in [0.4, 0.5) is 5.82 Å². The summed E-state index contributed by atoms with van der Waals surface area (Å²) in [5, 5.41) is 9.95. The zero-order valence-electron chi connectivity index (χ0n) is 18.0. The number of aromatic nitrogens is 2. The van der Waals surface area contributed by atoms with E-state index < -0.39 is 0 Å². The highest BCUT2D eigenvalue weighted by molar-refractivity contribution is 5.52. The van der Waals surface area contributed by atoms with Gasteiger partial charge in [-0.05, 0) is 45.2 Å². The minimum atomic E-state index is -0.227. The summed E-state index contributed by atoms with van der Waals surface area (Å²) in [6, 6.07) is 6.65. The fourth-order valence-corrected chi connectivity index (χ4v) is 3.94. The van der Waals surface area contributed by atoms with Gasteiger partial charge in [0.25, 0.3) is 0 Å². The molecule has 0 aliphatic carbocycles. The standard InChI is InChI=1S/C23H34N4O/c1-6-21(28)15-26-9-11-27(12-10-26)23-22(18(4)24-19(5)25-23)14-20-13-16(2)7-8-17(20)3/h7-8,13,21,28H,6,9-12,14-15H2,1-5H3/t21-/m1/s1. The average Bonchev–Trinajstić information content (AvgIpc) is 2.67. The maximum absolute atomic E-state index is 9.95. The zero-order chi connectivity index (χ0) is 20.3. The molecule has 0 unspecified atom stereocenters. The van der Waals surface area contributed by atoms with Crippen LogP contribution in [0.3, 0.4) is 0 Å². The smallest absolute Gasteiger partial charge is 0.136 e. The van der Waals surface area contributed by atoms with Crippen LogP contribution in [-0.2, 0) is 6.42 Å². The van der Waals surface area contributed by atoms with Crippen LogP contribution < -0.4 is 4.90 Å². The van der Waals surface area contributed by atoms with Crippen molar-refractivity contribution < 1.29 is 5.11 Å². The molecule has 3 rings (SSSR count). The lowest BCUT2D eigenvalue weighted by atomic mass is 9.97. The quantitative estimate of drug-likeness (QED) is 0.831. The molecular weight excluding hydrogens is 348 g/mol. The summed E-state index contributed by atoms with van der Waals surface area (Å²) in [5.41, 5.74) is 6.26. The highest BCUT2D eigenvalue weighted by Gasteiger charge is 2.23. The van der Waals surface area contributed by atoms with Gasteiger partial charge in [0.2, 0.25) is 0 Å². The Morgan fingerprint density at radius 1 is 1.04 bits per heavy atom. The number of aliphatic hydroxyl groups excluding tert-OH is 1. The molecule has 1 atom stereocenters. The largest absolute Gasteiger partial charge is 0.392 e. The summed E-state index contributed by atoms with van der Waals surface area (Å²) in [5.74, 6) is 1.92. The minimum Gasteiger partial charge on any atom is -0.392 e. The number of piperazine rings is 1. The minimum absolute atomic E-state index is 0.227. The van der Waals surface area contributed by atoms with E-state index in [0.29, 0.717) is 0 Å². The Hall–Kier alpha value is -1.98. The fraction of sp³-hybridized carbons (Fsp3) is 0.565. The topological polar surface area (TPSA) is 52.5 Å². The van der Waals surface area contributed by atoms with E-state index in [4.69, 9.17) is 4.98 Å². The number of hydrogen-bond donors (Lipinski definition) is 1. The molecule has 0 radical (unpaired) electrons. The van der Waals surface area contributed by atoms with E-state index in [0.717, 1.165) is 62.9 Å². The van der Waals surface area contributed by atoms with Crippen molar-refractivity contribution in [1.29, 1.82) is 0 Å². The Labute approximate surface area is 169 Å². The molecule has 2 heterocycles. The van der Waals surface area contributed by atoms with Crippen LogP contribution in [0.1, 0.15) is 47.1 Å². The number of aryl methyl sites for hydroxylation is 4. The first-order valence-corrected chi connectivity index (χ1v) is 10.4. The maximum Gasteiger partial charge on any atom is 0.136 e. The average molecular weight is 383 g/mol. The number of aliphatic hydroxyl groups is 1. The molecule has 2 aromatic rings. The number of anilines is 1. The molecule has 1 aliphatic rings. The second kappa shape index (κ2) is 9.01. The lowest BCUT2D eigenvalue weighted by molar-refractivity contribution is 0.106. The number of benzene rings is 1. The van der Waals surface area contributed by atoms with Crippen molar-refractivity contribution in [2.24, 2.45) is 0 Å². The van der Waals surface area contributed by atoms with Gasteiger partial charge in [0, 0.05) is 50.4 Å². The summed E-state index contributed by atoms with van der Waals surface area (Å²) >= 11 is 0. The Morgan fingerprint density at radius 2 is 1.75 bits per heavy atom. The summed E-state index contributed by atoms with van der Waals surface area (Å²) in [6.45, 7) is 15.0. The predicted molar refractivity (Wildman–Crippen MR) is 115 cm³/mol. The van der Waals surface area contributed by atoms with E-state index in [1.165, 1.54) is 22.3 Å². The molecule has 1 aliphatic heterocycles. The van der Waals surface area contributed by atoms with Crippen LogP contribution in [0.2, 0.25) is 0 Å². The zero-order valence-corrected chi connectivity index (χ0v) is 18.0. The SMILES string of the molecule is CC[C@@H](O)CN1CCN(c2nc(C)nc(C)c2Cc2cc(C)ccc2C)CC1. The van der Waals surface area contributed by atoms with Gasteiger partial charge in [-0.2, -0.15) is 0 Å². The first-order chi connectivity index (χ1) is 13.4. The molecule has 28 heavy (non-hydrogen) atoms. The van der Waals surface area contributed by atoms with Crippen LogP contribution in [0, 0.1) is 27.7 Å². The first-order valence-electron chi connectivity index (χ1n) is 10.4. The van der Waals surface area contributed by atoms with Gasteiger partial charge in [-0.1, -0.05) is 30.7 Å². The van der Waals surface area contributed by atoms with Crippen LogP contribution in [0.15, 0.2) is 18.2 Å². The van der Waals surface area contributed by atoms with Gasteiger partial charge in [-0.15, -0.1) is 0 Å². The summed E-state index contributed by atoms with van der Waals surface area (Å²) in [7, 11) is 0. The highest BCUT2D eigenvalue weighted by atomic mass is 16.3. The third kappa shape index (κ3) is 4.89. The molecule has 152 valence electrons. The fourth-order valence-electron chi connectivity index (χ4n) is 3.94. The van der Waals surface area contributed by atoms with E-state index in [2.05, 4.69) is 53.8 Å². The maximum atomic E-state index is 9.95. The second-order valence-corrected chi connectivity index (χ2v) is 8.11. The Bertz CT molecular complexity index is 812. The Kier molecular flexibility index (Phi) is 6.68. The van der Waals surface area contributed by atoms with Gasteiger partial charge in [-0.3, -0.25) is 4.90 Å². The molecule has 5 heteroatoms. The van der Waals surface area contributed by atoms with Crippen LogP contribution in [-0.4, -0.2) is 58.8 Å². The normalized spacial score (nSPS) is 16.4.